The number of aliphatic imine (C=N–C) groups is 1. The molecule has 26 heavy (non-hydrogen) atoms. The van der Waals surface area contributed by atoms with E-state index in [1.807, 2.05) is 19.1 Å². The van der Waals surface area contributed by atoms with Gasteiger partial charge < -0.3 is 24.3 Å². The van der Waals surface area contributed by atoms with Crippen LogP contribution in [0.2, 0.25) is 0 Å². The minimum atomic E-state index is 0. The van der Waals surface area contributed by atoms with E-state index in [2.05, 4.69) is 25.8 Å². The molecular weight excluding hydrogens is 449 g/mol. The van der Waals surface area contributed by atoms with Crippen molar-refractivity contribution >= 4 is 29.9 Å². The molecular formula is C17H26IN5O3. The van der Waals surface area contributed by atoms with Gasteiger partial charge in [0.15, 0.2) is 11.8 Å². The maximum absolute atomic E-state index is 5.35. The van der Waals surface area contributed by atoms with E-state index in [0.29, 0.717) is 30.9 Å². The maximum atomic E-state index is 5.35. The van der Waals surface area contributed by atoms with Gasteiger partial charge in [-0.25, -0.2) is 4.99 Å². The zero-order valence-electron chi connectivity index (χ0n) is 14.9. The molecule has 9 heteroatoms. The summed E-state index contributed by atoms with van der Waals surface area (Å²) >= 11 is 0. The third-order valence-electron chi connectivity index (χ3n) is 3.77. The van der Waals surface area contributed by atoms with Crippen molar-refractivity contribution in [1.82, 2.24) is 20.8 Å². The van der Waals surface area contributed by atoms with Gasteiger partial charge in [0.1, 0.15) is 12.3 Å². The summed E-state index contributed by atoms with van der Waals surface area (Å²) in [6.45, 7) is 5.12. The van der Waals surface area contributed by atoms with Gasteiger partial charge >= 0.3 is 0 Å². The Labute approximate surface area is 170 Å². The third-order valence-corrected chi connectivity index (χ3v) is 3.77. The van der Waals surface area contributed by atoms with Gasteiger partial charge in [0.25, 0.3) is 0 Å². The van der Waals surface area contributed by atoms with Gasteiger partial charge in [0, 0.05) is 25.7 Å². The minimum absolute atomic E-state index is 0. The smallest absolute Gasteiger partial charge is 0.246 e. The monoisotopic (exact) mass is 475 g/mol. The summed E-state index contributed by atoms with van der Waals surface area (Å²) in [7, 11) is 0. The van der Waals surface area contributed by atoms with Gasteiger partial charge in [-0.2, -0.15) is 4.98 Å². The Morgan fingerprint density at radius 2 is 2.27 bits per heavy atom. The summed E-state index contributed by atoms with van der Waals surface area (Å²) in [4.78, 5) is 8.94. The normalized spacial score (nSPS) is 14.1. The van der Waals surface area contributed by atoms with Crippen molar-refractivity contribution in [3.63, 3.8) is 0 Å². The fraction of sp³-hybridized carbons (Fsp3) is 0.588. The second-order valence-electron chi connectivity index (χ2n) is 5.90. The lowest BCUT2D eigenvalue weighted by Crippen LogP contribution is -2.38. The highest BCUT2D eigenvalue weighted by Gasteiger charge is 2.28. The summed E-state index contributed by atoms with van der Waals surface area (Å²) in [6, 6.07) is 3.75. The molecule has 1 saturated carbocycles. The Morgan fingerprint density at radius 1 is 1.38 bits per heavy atom. The maximum Gasteiger partial charge on any atom is 0.246 e. The molecule has 2 N–H and O–H groups in total. The van der Waals surface area contributed by atoms with Crippen LogP contribution in [-0.4, -0.2) is 35.9 Å². The first-order valence-corrected chi connectivity index (χ1v) is 8.80. The number of furan rings is 1. The molecule has 0 radical (unpaired) electrons. The molecule has 0 saturated heterocycles. The fourth-order valence-electron chi connectivity index (χ4n) is 2.27. The lowest BCUT2D eigenvalue weighted by Gasteiger charge is -2.11. The molecule has 0 unspecified atom stereocenters. The average Bonchev–Trinajstić information content (AvgIpc) is 3.15. The van der Waals surface area contributed by atoms with Gasteiger partial charge in [-0.15, -0.1) is 24.0 Å². The number of nitrogens with zero attached hydrogens (tertiary/aromatic N) is 3. The van der Waals surface area contributed by atoms with E-state index in [1.54, 1.807) is 6.26 Å². The Morgan fingerprint density at radius 3 is 3.00 bits per heavy atom. The van der Waals surface area contributed by atoms with Crippen LogP contribution in [0.4, 0.5) is 0 Å². The lowest BCUT2D eigenvalue weighted by molar-refractivity contribution is 0.145. The number of rotatable bonds is 10. The predicted molar refractivity (Wildman–Crippen MR) is 107 cm³/mol. The fourth-order valence-corrected chi connectivity index (χ4v) is 2.27. The number of guanidine groups is 1. The highest BCUT2D eigenvalue weighted by atomic mass is 127. The minimum Gasteiger partial charge on any atom is -0.467 e. The predicted octanol–water partition coefficient (Wildman–Crippen LogP) is 2.82. The van der Waals surface area contributed by atoms with E-state index in [0.717, 1.165) is 50.6 Å². The van der Waals surface area contributed by atoms with Crippen molar-refractivity contribution in [2.45, 2.75) is 45.2 Å². The molecule has 144 valence electrons. The number of aromatic nitrogens is 2. The quantitative estimate of drug-likeness (QED) is 0.236. The Hall–Kier alpha value is -1.62. The molecule has 2 aromatic heterocycles. The third kappa shape index (κ3) is 6.94. The summed E-state index contributed by atoms with van der Waals surface area (Å²) in [6.07, 6.45) is 4.86. The highest BCUT2D eigenvalue weighted by Crippen LogP contribution is 2.37. The van der Waals surface area contributed by atoms with E-state index in [4.69, 9.17) is 13.7 Å². The number of hydrogen-bond acceptors (Lipinski definition) is 6. The van der Waals surface area contributed by atoms with E-state index in [-0.39, 0.29) is 24.0 Å². The van der Waals surface area contributed by atoms with Gasteiger partial charge in [-0.1, -0.05) is 5.16 Å². The van der Waals surface area contributed by atoms with Crippen LogP contribution in [0, 0.1) is 0 Å². The van der Waals surface area contributed by atoms with E-state index >= 15 is 0 Å². The molecule has 8 nitrogen and oxygen atoms in total. The number of nitrogens with one attached hydrogen (secondary N) is 2. The summed E-state index contributed by atoms with van der Waals surface area (Å²) in [5.41, 5.74) is 0. The summed E-state index contributed by atoms with van der Waals surface area (Å²) in [5, 5.41) is 10.5. The van der Waals surface area contributed by atoms with Crippen LogP contribution in [0.3, 0.4) is 0 Å². The molecule has 0 bridgehead atoms. The SMILES string of the molecule is CCOCCCNC(=NCc1ccco1)NCc1nc(C2CC2)no1.I. The van der Waals surface area contributed by atoms with Crippen LogP contribution in [0.5, 0.6) is 0 Å². The van der Waals surface area contributed by atoms with Crippen molar-refractivity contribution in [3.05, 3.63) is 35.9 Å². The van der Waals surface area contributed by atoms with Gasteiger partial charge in [0.2, 0.25) is 5.89 Å². The van der Waals surface area contributed by atoms with Gasteiger partial charge in [-0.05, 0) is 38.3 Å². The first-order chi connectivity index (χ1) is 12.3. The molecule has 2 aromatic rings. The van der Waals surface area contributed by atoms with Crippen molar-refractivity contribution < 1.29 is 13.7 Å². The molecule has 1 fully saturated rings. The largest absolute Gasteiger partial charge is 0.467 e. The second-order valence-corrected chi connectivity index (χ2v) is 5.90. The topological polar surface area (TPSA) is 97.7 Å². The Kier molecular flexibility index (Phi) is 8.89. The molecule has 0 aromatic carbocycles. The van der Waals surface area contributed by atoms with Crippen LogP contribution < -0.4 is 10.6 Å². The van der Waals surface area contributed by atoms with Crippen molar-refractivity contribution in [2.24, 2.45) is 4.99 Å². The van der Waals surface area contributed by atoms with Gasteiger partial charge in [-0.3, -0.25) is 0 Å². The summed E-state index contributed by atoms with van der Waals surface area (Å²) in [5.74, 6) is 3.36. The number of hydrogen-bond donors (Lipinski definition) is 2. The second kappa shape index (κ2) is 11.2. The zero-order chi connectivity index (χ0) is 17.3. The van der Waals surface area contributed by atoms with Crippen molar-refractivity contribution in [2.75, 3.05) is 19.8 Å². The van der Waals surface area contributed by atoms with E-state index in [1.165, 1.54) is 0 Å². The number of halogens is 1. The van der Waals surface area contributed by atoms with Crippen LogP contribution >= 0.6 is 24.0 Å². The molecule has 2 heterocycles. The van der Waals surface area contributed by atoms with Gasteiger partial charge in [0.05, 0.1) is 12.8 Å². The van der Waals surface area contributed by atoms with E-state index < -0.39 is 0 Å². The molecule has 1 aliphatic rings. The molecule has 0 atom stereocenters. The average molecular weight is 475 g/mol. The highest BCUT2D eigenvalue weighted by molar-refractivity contribution is 14.0. The summed E-state index contributed by atoms with van der Waals surface area (Å²) < 4.78 is 15.9. The standard InChI is InChI=1S/C17H25N5O3.HI/c1-2-23-9-4-8-18-17(19-11-14-5-3-10-24-14)20-12-15-21-16(22-25-15)13-6-7-13;/h3,5,10,13H,2,4,6-9,11-12H2,1H3,(H2,18,19,20);1H. The van der Waals surface area contributed by atoms with E-state index in [9.17, 15) is 0 Å². The molecule has 0 amide bonds. The molecule has 3 rings (SSSR count). The first-order valence-electron chi connectivity index (χ1n) is 8.80. The van der Waals surface area contributed by atoms with Crippen molar-refractivity contribution in [1.29, 1.82) is 0 Å². The molecule has 0 spiro atoms. The first kappa shape index (κ1) is 20.7. The van der Waals surface area contributed by atoms with Crippen molar-refractivity contribution in [3.8, 4) is 0 Å². The lowest BCUT2D eigenvalue weighted by atomic mass is 10.4. The molecule has 1 aliphatic carbocycles. The Balaban J connectivity index is 0.00000243. The molecule has 0 aliphatic heterocycles. The number of ether oxygens (including phenoxy) is 1. The zero-order valence-corrected chi connectivity index (χ0v) is 17.3. The Bertz CT molecular complexity index is 655. The van der Waals surface area contributed by atoms with Crippen LogP contribution in [0.25, 0.3) is 0 Å². The van der Waals surface area contributed by atoms with Crippen LogP contribution in [0.1, 0.15) is 49.6 Å². The van der Waals surface area contributed by atoms with Crippen LogP contribution in [-0.2, 0) is 17.8 Å². The van der Waals surface area contributed by atoms with Crippen LogP contribution in [0.15, 0.2) is 32.3 Å².